The highest BCUT2D eigenvalue weighted by Crippen LogP contribution is 2.20. The molecular weight excluding hydrogens is 260 g/mol. The van der Waals surface area contributed by atoms with Crippen LogP contribution in [0.2, 0.25) is 0 Å². The van der Waals surface area contributed by atoms with E-state index in [0.29, 0.717) is 0 Å². The summed E-state index contributed by atoms with van der Waals surface area (Å²) in [6, 6.07) is 17.1. The van der Waals surface area contributed by atoms with Crippen molar-refractivity contribution < 1.29 is 4.74 Å². The minimum atomic E-state index is 0.277. The number of nitrogens with one attached hydrogen (secondary N) is 2. The molecule has 0 spiro atoms. The number of methoxy groups -OCH3 is 1. The predicted molar refractivity (Wildman–Crippen MR) is 86.5 cm³/mol. The van der Waals surface area contributed by atoms with Gasteiger partial charge in [-0.15, -0.1) is 0 Å². The monoisotopic (exact) mass is 280 g/mol. The second kappa shape index (κ2) is 6.02. The van der Waals surface area contributed by atoms with E-state index >= 15 is 0 Å². The highest BCUT2D eigenvalue weighted by Gasteiger charge is 2.06. The molecule has 3 nitrogen and oxygen atoms in total. The lowest BCUT2D eigenvalue weighted by Crippen LogP contribution is -2.18. The zero-order valence-corrected chi connectivity index (χ0v) is 12.4. The average molecular weight is 280 g/mol. The molecule has 2 aromatic carbocycles. The maximum atomic E-state index is 5.28. The summed E-state index contributed by atoms with van der Waals surface area (Å²) < 4.78 is 5.28. The fourth-order valence-corrected chi connectivity index (χ4v) is 2.50. The van der Waals surface area contributed by atoms with E-state index in [0.717, 1.165) is 12.3 Å². The number of ether oxygens (including phenoxy) is 1. The number of rotatable bonds is 5. The topological polar surface area (TPSA) is 37.0 Å². The van der Waals surface area contributed by atoms with Crippen molar-refractivity contribution in [2.24, 2.45) is 0 Å². The smallest absolute Gasteiger partial charge is 0.119 e. The van der Waals surface area contributed by atoms with E-state index < -0.39 is 0 Å². The van der Waals surface area contributed by atoms with Crippen molar-refractivity contribution in [2.45, 2.75) is 19.5 Å². The van der Waals surface area contributed by atoms with Gasteiger partial charge in [0.15, 0.2) is 0 Å². The summed E-state index contributed by atoms with van der Waals surface area (Å²) in [6.07, 6.45) is 1.97. The van der Waals surface area contributed by atoms with Gasteiger partial charge in [-0.1, -0.05) is 24.3 Å². The Kier molecular flexibility index (Phi) is 3.93. The first-order chi connectivity index (χ1) is 10.3. The van der Waals surface area contributed by atoms with E-state index in [9.17, 15) is 0 Å². The van der Waals surface area contributed by atoms with Crippen LogP contribution < -0.4 is 10.1 Å². The number of aromatic amines is 1. The molecule has 3 heteroatoms. The fraction of sp³-hybridized carbons (Fsp3) is 0.222. The third kappa shape index (κ3) is 3.09. The van der Waals surface area contributed by atoms with Crippen molar-refractivity contribution in [1.82, 2.24) is 10.3 Å². The minimum absolute atomic E-state index is 0.277. The highest BCUT2D eigenvalue weighted by atomic mass is 16.5. The number of benzene rings is 2. The molecule has 0 saturated carbocycles. The molecule has 0 fully saturated rings. The van der Waals surface area contributed by atoms with Crippen molar-refractivity contribution in [2.75, 3.05) is 7.11 Å². The van der Waals surface area contributed by atoms with E-state index in [-0.39, 0.29) is 6.04 Å². The summed E-state index contributed by atoms with van der Waals surface area (Å²) in [5.74, 6) is 0.897. The molecule has 0 aliphatic rings. The molecule has 1 atom stereocenters. The van der Waals surface area contributed by atoms with Crippen molar-refractivity contribution in [3.05, 3.63) is 65.9 Å². The van der Waals surface area contributed by atoms with Crippen LogP contribution in [0.15, 0.2) is 54.7 Å². The lowest BCUT2D eigenvalue weighted by Gasteiger charge is -2.15. The fourth-order valence-electron chi connectivity index (χ4n) is 2.50. The molecule has 0 aliphatic heterocycles. The normalized spacial score (nSPS) is 12.5. The molecule has 0 amide bonds. The molecule has 3 rings (SSSR count). The van der Waals surface area contributed by atoms with Gasteiger partial charge in [0.05, 0.1) is 7.11 Å². The SMILES string of the molecule is COc1cccc(C(C)NCc2ccc3cc[nH]c3c2)c1. The Morgan fingerprint density at radius 2 is 2.05 bits per heavy atom. The maximum Gasteiger partial charge on any atom is 0.119 e. The van der Waals surface area contributed by atoms with Crippen LogP contribution >= 0.6 is 0 Å². The Hall–Kier alpha value is -2.26. The Balaban J connectivity index is 1.68. The average Bonchev–Trinajstić information content (AvgIpc) is 3.00. The summed E-state index contributed by atoms with van der Waals surface area (Å²) in [6.45, 7) is 3.01. The Morgan fingerprint density at radius 3 is 2.90 bits per heavy atom. The van der Waals surface area contributed by atoms with Gasteiger partial charge in [-0.2, -0.15) is 0 Å². The Bertz CT molecular complexity index is 733. The lowest BCUT2D eigenvalue weighted by molar-refractivity contribution is 0.413. The van der Waals surface area contributed by atoms with Crippen LogP contribution in [0.5, 0.6) is 5.75 Å². The van der Waals surface area contributed by atoms with E-state index in [2.05, 4.69) is 53.6 Å². The third-order valence-corrected chi connectivity index (χ3v) is 3.83. The summed E-state index contributed by atoms with van der Waals surface area (Å²) in [4.78, 5) is 3.25. The van der Waals surface area contributed by atoms with E-state index in [1.807, 2.05) is 18.3 Å². The van der Waals surface area contributed by atoms with Gasteiger partial charge in [-0.25, -0.2) is 0 Å². The number of H-pyrrole nitrogens is 1. The zero-order chi connectivity index (χ0) is 14.7. The molecule has 0 saturated heterocycles. The number of aromatic nitrogens is 1. The predicted octanol–water partition coefficient (Wildman–Crippen LogP) is 4.03. The molecule has 1 aromatic heterocycles. The van der Waals surface area contributed by atoms with Crippen LogP contribution in [0.25, 0.3) is 10.9 Å². The molecule has 108 valence electrons. The molecule has 2 N–H and O–H groups in total. The third-order valence-electron chi connectivity index (χ3n) is 3.83. The zero-order valence-electron chi connectivity index (χ0n) is 12.4. The molecule has 3 aromatic rings. The molecular formula is C18H20N2O. The van der Waals surface area contributed by atoms with Crippen LogP contribution in [0, 0.1) is 0 Å². The molecule has 21 heavy (non-hydrogen) atoms. The van der Waals surface area contributed by atoms with Crippen LogP contribution in [0.3, 0.4) is 0 Å². The molecule has 0 bridgehead atoms. The molecule has 0 radical (unpaired) electrons. The van der Waals surface area contributed by atoms with Crippen molar-refractivity contribution in [3.8, 4) is 5.75 Å². The first-order valence-corrected chi connectivity index (χ1v) is 7.19. The van der Waals surface area contributed by atoms with Crippen LogP contribution in [0.4, 0.5) is 0 Å². The number of fused-ring (bicyclic) bond motifs is 1. The van der Waals surface area contributed by atoms with Crippen LogP contribution in [0.1, 0.15) is 24.1 Å². The van der Waals surface area contributed by atoms with E-state index in [1.165, 1.54) is 22.0 Å². The van der Waals surface area contributed by atoms with Crippen LogP contribution in [-0.4, -0.2) is 12.1 Å². The largest absolute Gasteiger partial charge is 0.497 e. The molecule has 1 unspecified atom stereocenters. The van der Waals surface area contributed by atoms with Gasteiger partial charge in [-0.3, -0.25) is 0 Å². The number of hydrogen-bond donors (Lipinski definition) is 2. The van der Waals surface area contributed by atoms with Crippen molar-refractivity contribution in [3.63, 3.8) is 0 Å². The Morgan fingerprint density at radius 1 is 1.14 bits per heavy atom. The van der Waals surface area contributed by atoms with Gasteiger partial charge < -0.3 is 15.0 Å². The van der Waals surface area contributed by atoms with Crippen LogP contribution in [-0.2, 0) is 6.54 Å². The van der Waals surface area contributed by atoms with Gasteiger partial charge >= 0.3 is 0 Å². The highest BCUT2D eigenvalue weighted by molar-refractivity contribution is 5.79. The Labute approximate surface area is 125 Å². The summed E-state index contributed by atoms with van der Waals surface area (Å²) in [7, 11) is 1.70. The molecule has 1 heterocycles. The first-order valence-electron chi connectivity index (χ1n) is 7.19. The second-order valence-electron chi connectivity index (χ2n) is 5.28. The lowest BCUT2D eigenvalue weighted by atomic mass is 10.1. The van der Waals surface area contributed by atoms with Gasteiger partial charge in [-0.05, 0) is 47.7 Å². The van der Waals surface area contributed by atoms with Gasteiger partial charge in [0, 0.05) is 24.3 Å². The minimum Gasteiger partial charge on any atom is -0.497 e. The first kappa shape index (κ1) is 13.7. The standard InChI is InChI=1S/C18H20N2O/c1-13(16-4-3-5-17(11-16)21-2)20-12-14-6-7-15-8-9-19-18(15)10-14/h3-11,13,19-20H,12H2,1-2H3. The van der Waals surface area contributed by atoms with Crippen molar-refractivity contribution >= 4 is 10.9 Å². The molecule has 0 aliphatic carbocycles. The van der Waals surface area contributed by atoms with Gasteiger partial charge in [0.2, 0.25) is 0 Å². The maximum absolute atomic E-state index is 5.28. The van der Waals surface area contributed by atoms with E-state index in [4.69, 9.17) is 4.74 Å². The summed E-state index contributed by atoms with van der Waals surface area (Å²) >= 11 is 0. The second-order valence-corrected chi connectivity index (χ2v) is 5.28. The number of hydrogen-bond acceptors (Lipinski definition) is 2. The quantitative estimate of drug-likeness (QED) is 0.740. The van der Waals surface area contributed by atoms with Gasteiger partial charge in [0.1, 0.15) is 5.75 Å². The summed E-state index contributed by atoms with van der Waals surface area (Å²) in [5, 5.41) is 4.80. The van der Waals surface area contributed by atoms with Crippen molar-refractivity contribution in [1.29, 1.82) is 0 Å². The van der Waals surface area contributed by atoms with E-state index in [1.54, 1.807) is 7.11 Å². The van der Waals surface area contributed by atoms with Gasteiger partial charge in [0.25, 0.3) is 0 Å². The summed E-state index contributed by atoms with van der Waals surface area (Å²) in [5.41, 5.74) is 3.69.